The first-order chi connectivity index (χ1) is 9.90. The third kappa shape index (κ3) is 2.94. The number of hydrogen-bond donors (Lipinski definition) is 5. The number of carbonyl (C=O) groups is 2. The molecule has 8 nitrogen and oxygen atoms in total. The molecule has 21 heavy (non-hydrogen) atoms. The van der Waals surface area contributed by atoms with E-state index in [1.165, 1.54) is 18.2 Å². The highest BCUT2D eigenvalue weighted by atomic mass is 16.4. The summed E-state index contributed by atoms with van der Waals surface area (Å²) in [5.41, 5.74) is 1.55. The van der Waals surface area contributed by atoms with Crippen LogP contribution in [0.1, 0.15) is 21.7 Å². The van der Waals surface area contributed by atoms with Gasteiger partial charge in [-0.1, -0.05) is 6.07 Å². The zero-order valence-corrected chi connectivity index (χ0v) is 11.4. The van der Waals surface area contributed by atoms with Crippen LogP contribution in [0.4, 0.5) is 16.2 Å². The van der Waals surface area contributed by atoms with E-state index in [0.717, 1.165) is 0 Å². The van der Waals surface area contributed by atoms with Gasteiger partial charge in [-0.05, 0) is 26.0 Å². The summed E-state index contributed by atoms with van der Waals surface area (Å²) in [6.45, 7) is 3.47. The van der Waals surface area contributed by atoms with Crippen molar-refractivity contribution in [3.05, 3.63) is 35.2 Å². The summed E-state index contributed by atoms with van der Waals surface area (Å²) >= 11 is 0. The molecule has 0 bridgehead atoms. The van der Waals surface area contributed by atoms with E-state index in [1.807, 2.05) is 0 Å². The van der Waals surface area contributed by atoms with Gasteiger partial charge >= 0.3 is 12.0 Å². The number of aromatic hydroxyl groups is 1. The lowest BCUT2D eigenvalue weighted by molar-refractivity contribution is 0.0694. The van der Waals surface area contributed by atoms with Crippen LogP contribution in [0.5, 0.6) is 5.75 Å². The SMILES string of the molecule is Cc1n[nH]c(C)c1NC(=O)Nc1cccc(C(=O)O)c1O. The molecule has 1 heterocycles. The predicted molar refractivity (Wildman–Crippen MR) is 75.8 cm³/mol. The number of nitrogens with one attached hydrogen (secondary N) is 3. The van der Waals surface area contributed by atoms with Crippen molar-refractivity contribution in [3.8, 4) is 5.75 Å². The largest absolute Gasteiger partial charge is 0.505 e. The number of aromatic nitrogens is 2. The standard InChI is InChI=1S/C13H14N4O4/c1-6-10(7(2)17-16-6)15-13(21)14-9-5-3-4-8(11(9)18)12(19)20/h3-5,18H,1-2H3,(H,16,17)(H,19,20)(H2,14,15,21). The monoisotopic (exact) mass is 290 g/mol. The first kappa shape index (κ1) is 14.4. The van der Waals surface area contributed by atoms with Crippen molar-refractivity contribution in [2.24, 2.45) is 0 Å². The van der Waals surface area contributed by atoms with Crippen LogP contribution in [0.15, 0.2) is 18.2 Å². The maximum absolute atomic E-state index is 11.9. The summed E-state index contributed by atoms with van der Waals surface area (Å²) in [6.07, 6.45) is 0. The fourth-order valence-corrected chi connectivity index (χ4v) is 1.82. The summed E-state index contributed by atoms with van der Waals surface area (Å²) < 4.78 is 0. The van der Waals surface area contributed by atoms with Crippen molar-refractivity contribution in [1.82, 2.24) is 10.2 Å². The highest BCUT2D eigenvalue weighted by Gasteiger charge is 2.16. The maximum atomic E-state index is 11.9. The first-order valence-electron chi connectivity index (χ1n) is 6.05. The van der Waals surface area contributed by atoms with Crippen molar-refractivity contribution >= 4 is 23.4 Å². The van der Waals surface area contributed by atoms with E-state index in [0.29, 0.717) is 17.1 Å². The predicted octanol–water partition coefficient (Wildman–Crippen LogP) is 2.07. The fourth-order valence-electron chi connectivity index (χ4n) is 1.82. The number of aromatic carboxylic acids is 1. The fraction of sp³-hybridized carbons (Fsp3) is 0.154. The maximum Gasteiger partial charge on any atom is 0.339 e. The van der Waals surface area contributed by atoms with Gasteiger partial charge in [0.2, 0.25) is 0 Å². The van der Waals surface area contributed by atoms with Gasteiger partial charge in [0, 0.05) is 0 Å². The Kier molecular flexibility index (Phi) is 3.79. The van der Waals surface area contributed by atoms with Crippen LogP contribution >= 0.6 is 0 Å². The number of H-pyrrole nitrogens is 1. The van der Waals surface area contributed by atoms with E-state index in [9.17, 15) is 14.7 Å². The van der Waals surface area contributed by atoms with Crippen LogP contribution in [-0.4, -0.2) is 32.4 Å². The number of rotatable bonds is 3. The number of para-hydroxylation sites is 1. The third-order valence-electron chi connectivity index (χ3n) is 2.88. The molecule has 0 aliphatic rings. The number of phenols is 1. The summed E-state index contributed by atoms with van der Waals surface area (Å²) in [6, 6.07) is 3.45. The highest BCUT2D eigenvalue weighted by molar-refractivity contribution is 6.03. The Hall–Kier alpha value is -3.03. The average Bonchev–Trinajstić information content (AvgIpc) is 2.72. The van der Waals surface area contributed by atoms with Crippen LogP contribution in [0.3, 0.4) is 0 Å². The first-order valence-corrected chi connectivity index (χ1v) is 6.05. The van der Waals surface area contributed by atoms with E-state index in [1.54, 1.807) is 13.8 Å². The molecule has 5 N–H and O–H groups in total. The molecule has 8 heteroatoms. The zero-order chi connectivity index (χ0) is 15.6. The molecule has 2 amide bonds. The summed E-state index contributed by atoms with van der Waals surface area (Å²) in [5, 5.41) is 30.3. The quantitative estimate of drug-likeness (QED) is 0.553. The van der Waals surface area contributed by atoms with Gasteiger partial charge in [0.25, 0.3) is 0 Å². The number of benzene rings is 1. The van der Waals surface area contributed by atoms with Crippen LogP contribution in [0.25, 0.3) is 0 Å². The van der Waals surface area contributed by atoms with Gasteiger partial charge in [0.05, 0.1) is 22.8 Å². The molecule has 0 saturated heterocycles. The lowest BCUT2D eigenvalue weighted by Gasteiger charge is -2.10. The molecule has 0 spiro atoms. The van der Waals surface area contributed by atoms with Gasteiger partial charge in [-0.2, -0.15) is 5.10 Å². The molecular formula is C13H14N4O4. The number of amides is 2. The van der Waals surface area contributed by atoms with Crippen LogP contribution in [-0.2, 0) is 0 Å². The van der Waals surface area contributed by atoms with Crippen molar-refractivity contribution in [2.45, 2.75) is 13.8 Å². The van der Waals surface area contributed by atoms with E-state index < -0.39 is 17.7 Å². The molecule has 0 fully saturated rings. The van der Waals surface area contributed by atoms with Crippen LogP contribution < -0.4 is 10.6 Å². The van der Waals surface area contributed by atoms with E-state index in [2.05, 4.69) is 20.8 Å². The molecule has 0 aliphatic heterocycles. The number of carbonyl (C=O) groups excluding carboxylic acids is 1. The minimum atomic E-state index is -1.28. The van der Waals surface area contributed by atoms with Crippen molar-refractivity contribution in [2.75, 3.05) is 10.6 Å². The number of urea groups is 1. The number of carboxylic acid groups (broad SMARTS) is 1. The second-order valence-corrected chi connectivity index (χ2v) is 4.40. The number of carboxylic acids is 1. The summed E-state index contributed by atoms with van der Waals surface area (Å²) in [7, 11) is 0. The smallest absolute Gasteiger partial charge is 0.339 e. The molecule has 1 aromatic carbocycles. The normalized spacial score (nSPS) is 10.2. The number of nitrogens with zero attached hydrogens (tertiary/aromatic N) is 1. The summed E-state index contributed by atoms with van der Waals surface area (Å²) in [5.74, 6) is -1.78. The molecule has 0 saturated carbocycles. The lowest BCUT2D eigenvalue weighted by atomic mass is 10.1. The molecule has 0 unspecified atom stereocenters. The Bertz CT molecular complexity index is 689. The van der Waals surface area contributed by atoms with Gasteiger partial charge < -0.3 is 20.8 Å². The zero-order valence-electron chi connectivity index (χ0n) is 11.4. The second-order valence-electron chi connectivity index (χ2n) is 4.40. The number of aromatic amines is 1. The second kappa shape index (κ2) is 5.53. The number of anilines is 2. The minimum Gasteiger partial charge on any atom is -0.505 e. The minimum absolute atomic E-state index is 0.00574. The van der Waals surface area contributed by atoms with Gasteiger partial charge in [0.15, 0.2) is 5.75 Å². The Morgan fingerprint density at radius 1 is 1.24 bits per heavy atom. The highest BCUT2D eigenvalue weighted by Crippen LogP contribution is 2.27. The average molecular weight is 290 g/mol. The Morgan fingerprint density at radius 3 is 2.52 bits per heavy atom. The number of aryl methyl sites for hydroxylation is 2. The Balaban J connectivity index is 2.17. The topological polar surface area (TPSA) is 127 Å². The van der Waals surface area contributed by atoms with Gasteiger partial charge in [-0.3, -0.25) is 5.10 Å². The third-order valence-corrected chi connectivity index (χ3v) is 2.88. The van der Waals surface area contributed by atoms with Gasteiger partial charge in [-0.25, -0.2) is 9.59 Å². The van der Waals surface area contributed by atoms with E-state index >= 15 is 0 Å². The number of hydrogen-bond acceptors (Lipinski definition) is 4. The molecule has 2 rings (SSSR count). The van der Waals surface area contributed by atoms with E-state index in [4.69, 9.17) is 5.11 Å². The Labute approximate surface area is 119 Å². The molecule has 1 aromatic heterocycles. The van der Waals surface area contributed by atoms with Crippen molar-refractivity contribution in [3.63, 3.8) is 0 Å². The molecular weight excluding hydrogens is 276 g/mol. The van der Waals surface area contributed by atoms with Crippen LogP contribution in [0, 0.1) is 13.8 Å². The molecule has 0 aliphatic carbocycles. The molecule has 2 aromatic rings. The Morgan fingerprint density at radius 2 is 1.95 bits per heavy atom. The lowest BCUT2D eigenvalue weighted by Crippen LogP contribution is -2.20. The molecule has 0 atom stereocenters. The molecule has 110 valence electrons. The van der Waals surface area contributed by atoms with Crippen molar-refractivity contribution < 1.29 is 19.8 Å². The van der Waals surface area contributed by atoms with Gasteiger partial charge in [0.1, 0.15) is 5.56 Å². The van der Waals surface area contributed by atoms with Crippen molar-refractivity contribution in [1.29, 1.82) is 0 Å². The summed E-state index contributed by atoms with van der Waals surface area (Å²) in [4.78, 5) is 22.8. The van der Waals surface area contributed by atoms with Gasteiger partial charge in [-0.15, -0.1) is 0 Å². The van der Waals surface area contributed by atoms with Crippen LogP contribution in [0.2, 0.25) is 0 Å². The molecule has 0 radical (unpaired) electrons. The van der Waals surface area contributed by atoms with E-state index in [-0.39, 0.29) is 11.3 Å².